The molecular formula is C14H18. The maximum atomic E-state index is 2.47. The molecule has 0 nitrogen and oxygen atoms in total. The molecular weight excluding hydrogens is 168 g/mol. The van der Waals surface area contributed by atoms with Crippen molar-refractivity contribution in [3.8, 4) is 0 Å². The van der Waals surface area contributed by atoms with Gasteiger partial charge in [-0.3, -0.25) is 0 Å². The summed E-state index contributed by atoms with van der Waals surface area (Å²) in [5.74, 6) is 2.65. The van der Waals surface area contributed by atoms with E-state index in [9.17, 15) is 0 Å². The van der Waals surface area contributed by atoms with Gasteiger partial charge >= 0.3 is 0 Å². The molecule has 0 heterocycles. The van der Waals surface area contributed by atoms with E-state index in [4.69, 9.17) is 0 Å². The fraction of sp³-hybridized carbons (Fsp3) is 0.571. The van der Waals surface area contributed by atoms with Gasteiger partial charge in [0.05, 0.1) is 0 Å². The zero-order chi connectivity index (χ0) is 9.87. The van der Waals surface area contributed by atoms with Crippen LogP contribution in [-0.2, 0) is 6.42 Å². The zero-order valence-corrected chi connectivity index (χ0v) is 9.30. The van der Waals surface area contributed by atoms with Gasteiger partial charge in [0.1, 0.15) is 0 Å². The molecule has 1 unspecified atom stereocenters. The first-order valence-electron chi connectivity index (χ1n) is 5.80. The highest BCUT2D eigenvalue weighted by molar-refractivity contribution is 5.47. The maximum Gasteiger partial charge on any atom is -0.0124 e. The number of hydrogen-bond donors (Lipinski definition) is 0. The first-order valence-corrected chi connectivity index (χ1v) is 5.80. The van der Waals surface area contributed by atoms with Crippen LogP contribution in [0, 0.1) is 12.8 Å². The molecule has 14 heavy (non-hydrogen) atoms. The van der Waals surface area contributed by atoms with E-state index in [1.165, 1.54) is 18.4 Å². The summed E-state index contributed by atoms with van der Waals surface area (Å²) in [5, 5.41) is 0. The largest absolute Gasteiger partial charge is 0.0587 e. The zero-order valence-electron chi connectivity index (χ0n) is 9.30. The Labute approximate surface area is 86.3 Å². The van der Waals surface area contributed by atoms with Crippen LogP contribution in [0.4, 0.5) is 0 Å². The number of benzene rings is 1. The van der Waals surface area contributed by atoms with Gasteiger partial charge in [-0.15, -0.1) is 0 Å². The van der Waals surface area contributed by atoms with Gasteiger partial charge < -0.3 is 0 Å². The molecule has 0 saturated heterocycles. The molecule has 1 saturated carbocycles. The first kappa shape index (κ1) is 8.52. The molecule has 3 rings (SSSR count). The molecule has 1 fully saturated rings. The number of fused-ring (bicyclic) bond motifs is 3. The Morgan fingerprint density at radius 1 is 1.29 bits per heavy atom. The van der Waals surface area contributed by atoms with Crippen LogP contribution in [-0.4, -0.2) is 0 Å². The Hall–Kier alpha value is -0.780. The minimum absolute atomic E-state index is 0.678. The minimum Gasteiger partial charge on any atom is -0.0587 e. The Morgan fingerprint density at radius 2 is 2.07 bits per heavy atom. The molecule has 0 N–H and O–H groups in total. The summed E-state index contributed by atoms with van der Waals surface area (Å²) < 4.78 is 0. The van der Waals surface area contributed by atoms with Gasteiger partial charge in [0.25, 0.3) is 0 Å². The van der Waals surface area contributed by atoms with Gasteiger partial charge in [-0.1, -0.05) is 26.0 Å². The average molecular weight is 186 g/mol. The summed E-state index contributed by atoms with van der Waals surface area (Å²) in [6, 6.07) is 4.93. The molecule has 0 heteroatoms. The lowest BCUT2D eigenvalue weighted by Crippen LogP contribution is -1.96. The Balaban J connectivity index is 2.11. The molecule has 0 spiro atoms. The van der Waals surface area contributed by atoms with Crippen LogP contribution in [0.25, 0.3) is 0 Å². The Kier molecular flexibility index (Phi) is 1.60. The standard InChI is InChI=1S/C14H18/c1-8(2)12-6-10-5-11-7-14(11)13(10)4-9(12)3/h4,6,8,11,14H,5,7H2,1-3H3/t11-,14?/m1/s1. The van der Waals surface area contributed by atoms with Crippen LogP contribution >= 0.6 is 0 Å². The first-order chi connectivity index (χ1) is 6.66. The van der Waals surface area contributed by atoms with E-state index < -0.39 is 0 Å². The van der Waals surface area contributed by atoms with Gasteiger partial charge in [-0.05, 0) is 59.8 Å². The molecule has 2 aliphatic carbocycles. The lowest BCUT2D eigenvalue weighted by Gasteiger charge is -2.13. The van der Waals surface area contributed by atoms with Crippen molar-refractivity contribution in [2.75, 3.05) is 0 Å². The molecule has 1 aromatic carbocycles. The summed E-state index contributed by atoms with van der Waals surface area (Å²) in [6.45, 7) is 6.86. The van der Waals surface area contributed by atoms with Gasteiger partial charge in [-0.2, -0.15) is 0 Å². The topological polar surface area (TPSA) is 0 Å². The van der Waals surface area contributed by atoms with E-state index in [-0.39, 0.29) is 0 Å². The SMILES string of the molecule is Cc1cc2c(cc1C(C)C)C[C@@H]1CC21. The second-order valence-corrected chi connectivity index (χ2v) is 5.37. The van der Waals surface area contributed by atoms with Crippen molar-refractivity contribution in [2.24, 2.45) is 5.92 Å². The van der Waals surface area contributed by atoms with E-state index in [1.807, 2.05) is 0 Å². The molecule has 2 atom stereocenters. The Morgan fingerprint density at radius 3 is 2.79 bits per heavy atom. The highest BCUT2D eigenvalue weighted by atomic mass is 14.5. The monoisotopic (exact) mass is 186 g/mol. The molecule has 74 valence electrons. The third-order valence-corrected chi connectivity index (χ3v) is 3.95. The van der Waals surface area contributed by atoms with Crippen molar-refractivity contribution < 1.29 is 0 Å². The van der Waals surface area contributed by atoms with Crippen LogP contribution in [0.5, 0.6) is 0 Å². The molecule has 0 aliphatic heterocycles. The van der Waals surface area contributed by atoms with Gasteiger partial charge in [0.2, 0.25) is 0 Å². The molecule has 0 bridgehead atoms. The third kappa shape index (κ3) is 1.06. The van der Waals surface area contributed by atoms with Gasteiger partial charge in [-0.25, -0.2) is 0 Å². The number of aryl methyl sites for hydroxylation is 1. The summed E-state index contributed by atoms with van der Waals surface area (Å²) in [7, 11) is 0. The van der Waals surface area contributed by atoms with Crippen LogP contribution in [0.2, 0.25) is 0 Å². The minimum atomic E-state index is 0.678. The van der Waals surface area contributed by atoms with E-state index in [0.717, 1.165) is 11.8 Å². The van der Waals surface area contributed by atoms with E-state index in [2.05, 4.69) is 32.9 Å². The Bertz CT molecular complexity index is 387. The van der Waals surface area contributed by atoms with Crippen molar-refractivity contribution in [3.63, 3.8) is 0 Å². The van der Waals surface area contributed by atoms with E-state index in [1.54, 1.807) is 16.7 Å². The molecule has 1 aromatic rings. The smallest absolute Gasteiger partial charge is 0.0124 e. The van der Waals surface area contributed by atoms with Gasteiger partial charge in [0, 0.05) is 0 Å². The second-order valence-electron chi connectivity index (χ2n) is 5.37. The third-order valence-electron chi connectivity index (χ3n) is 3.95. The lowest BCUT2D eigenvalue weighted by molar-refractivity contribution is 0.836. The van der Waals surface area contributed by atoms with Crippen LogP contribution in [0.1, 0.15) is 54.4 Å². The molecule has 0 amide bonds. The van der Waals surface area contributed by atoms with Crippen molar-refractivity contribution in [1.29, 1.82) is 0 Å². The lowest BCUT2D eigenvalue weighted by atomic mass is 9.92. The van der Waals surface area contributed by atoms with Gasteiger partial charge in [0.15, 0.2) is 0 Å². The maximum absolute atomic E-state index is 2.47. The highest BCUT2D eigenvalue weighted by Crippen LogP contribution is 2.56. The van der Waals surface area contributed by atoms with E-state index in [0.29, 0.717) is 5.92 Å². The molecule has 2 aliphatic rings. The van der Waals surface area contributed by atoms with Crippen molar-refractivity contribution >= 4 is 0 Å². The second kappa shape index (κ2) is 2.62. The summed E-state index contributed by atoms with van der Waals surface area (Å²) in [6.07, 6.45) is 2.83. The predicted octanol–water partition coefficient (Wildman–Crippen LogP) is 3.78. The summed E-state index contributed by atoms with van der Waals surface area (Å²) in [5.41, 5.74) is 6.40. The summed E-state index contributed by atoms with van der Waals surface area (Å²) in [4.78, 5) is 0. The molecule has 0 aromatic heterocycles. The van der Waals surface area contributed by atoms with Crippen molar-refractivity contribution in [2.45, 2.75) is 45.4 Å². The number of rotatable bonds is 1. The van der Waals surface area contributed by atoms with E-state index >= 15 is 0 Å². The predicted molar refractivity (Wildman–Crippen MR) is 59.8 cm³/mol. The van der Waals surface area contributed by atoms with Crippen molar-refractivity contribution in [1.82, 2.24) is 0 Å². The van der Waals surface area contributed by atoms with Crippen LogP contribution in [0.15, 0.2) is 12.1 Å². The summed E-state index contributed by atoms with van der Waals surface area (Å²) >= 11 is 0. The fourth-order valence-corrected chi connectivity index (χ4v) is 3.07. The highest BCUT2D eigenvalue weighted by Gasteiger charge is 2.45. The van der Waals surface area contributed by atoms with Crippen LogP contribution in [0.3, 0.4) is 0 Å². The average Bonchev–Trinajstić information content (AvgIpc) is 2.80. The molecule has 0 radical (unpaired) electrons. The van der Waals surface area contributed by atoms with Crippen molar-refractivity contribution in [3.05, 3.63) is 34.4 Å². The fourth-order valence-electron chi connectivity index (χ4n) is 3.07. The number of hydrogen-bond acceptors (Lipinski definition) is 0. The normalized spacial score (nSPS) is 27.7. The van der Waals surface area contributed by atoms with Crippen LogP contribution < -0.4 is 0 Å². The quantitative estimate of drug-likeness (QED) is 0.626.